The summed E-state index contributed by atoms with van der Waals surface area (Å²) in [7, 11) is 0. The third-order valence-corrected chi connectivity index (χ3v) is 7.69. The summed E-state index contributed by atoms with van der Waals surface area (Å²) in [4.78, 5) is 24.9. The number of aryl methyl sites for hydroxylation is 2. The van der Waals surface area contributed by atoms with E-state index < -0.39 is 0 Å². The number of allylic oxidation sites excluding steroid dienone is 1. The molecule has 1 aliphatic carbocycles. The Hall–Kier alpha value is -1.44. The number of nitrogens with zero attached hydrogens (tertiary/aromatic N) is 3. The van der Waals surface area contributed by atoms with Crippen LogP contribution in [0.2, 0.25) is 0 Å². The Morgan fingerprint density at radius 3 is 3.04 bits per heavy atom. The van der Waals surface area contributed by atoms with Crippen molar-refractivity contribution in [1.29, 1.82) is 0 Å². The monoisotopic (exact) mass is 403 g/mol. The topological polar surface area (TPSA) is 47.8 Å². The van der Waals surface area contributed by atoms with Gasteiger partial charge in [0, 0.05) is 22.6 Å². The van der Waals surface area contributed by atoms with Crippen LogP contribution in [0, 0.1) is 12.8 Å². The average Bonchev–Trinajstić information content (AvgIpc) is 3.18. The Morgan fingerprint density at radius 2 is 2.31 bits per heavy atom. The van der Waals surface area contributed by atoms with E-state index in [9.17, 15) is 4.79 Å². The molecule has 0 spiro atoms. The standard InChI is InChI=1S/C19H21N3OS3/c1-4-7-22-18(23)16-14-6-5-11(2)8-15(14)26-17(16)21-19(22)25-10-13-9-24-12(3)20-13/h4,9,11H,1,5-8,10H2,2-3H3/t11-/m0/s1. The zero-order valence-corrected chi connectivity index (χ0v) is 17.4. The summed E-state index contributed by atoms with van der Waals surface area (Å²) in [6.45, 7) is 8.60. The van der Waals surface area contributed by atoms with Crippen molar-refractivity contribution in [3.63, 3.8) is 0 Å². The third kappa shape index (κ3) is 3.28. The first-order valence-corrected chi connectivity index (χ1v) is 11.4. The largest absolute Gasteiger partial charge is 0.283 e. The fourth-order valence-electron chi connectivity index (χ4n) is 3.42. The Labute approximate surface area is 165 Å². The molecule has 3 heterocycles. The number of aromatic nitrogens is 3. The molecule has 3 aromatic rings. The van der Waals surface area contributed by atoms with E-state index in [0.717, 1.165) is 51.1 Å². The molecule has 0 aliphatic heterocycles. The molecule has 3 aromatic heterocycles. The predicted octanol–water partition coefficient (Wildman–Crippen LogP) is 4.83. The third-order valence-electron chi connectivity index (χ3n) is 4.71. The average molecular weight is 404 g/mol. The second-order valence-electron chi connectivity index (χ2n) is 6.78. The van der Waals surface area contributed by atoms with Gasteiger partial charge in [-0.25, -0.2) is 9.97 Å². The summed E-state index contributed by atoms with van der Waals surface area (Å²) < 4.78 is 1.77. The van der Waals surface area contributed by atoms with Gasteiger partial charge < -0.3 is 0 Å². The van der Waals surface area contributed by atoms with Crippen LogP contribution in [-0.4, -0.2) is 14.5 Å². The van der Waals surface area contributed by atoms with E-state index in [1.807, 2.05) is 6.92 Å². The van der Waals surface area contributed by atoms with E-state index in [1.54, 1.807) is 45.1 Å². The highest BCUT2D eigenvalue weighted by Crippen LogP contribution is 2.36. The van der Waals surface area contributed by atoms with Crippen molar-refractivity contribution in [3.05, 3.63) is 49.5 Å². The van der Waals surface area contributed by atoms with E-state index in [4.69, 9.17) is 4.98 Å². The van der Waals surface area contributed by atoms with Gasteiger partial charge in [-0.15, -0.1) is 29.3 Å². The first-order valence-electron chi connectivity index (χ1n) is 8.76. The number of rotatable bonds is 5. The lowest BCUT2D eigenvalue weighted by molar-refractivity contribution is 0.509. The van der Waals surface area contributed by atoms with E-state index >= 15 is 0 Å². The van der Waals surface area contributed by atoms with Crippen molar-refractivity contribution in [1.82, 2.24) is 14.5 Å². The summed E-state index contributed by atoms with van der Waals surface area (Å²) in [6.07, 6.45) is 4.98. The molecule has 0 radical (unpaired) electrons. The zero-order chi connectivity index (χ0) is 18.3. The summed E-state index contributed by atoms with van der Waals surface area (Å²) in [5.41, 5.74) is 2.36. The molecule has 1 aliphatic rings. The predicted molar refractivity (Wildman–Crippen MR) is 112 cm³/mol. The van der Waals surface area contributed by atoms with Crippen molar-refractivity contribution >= 4 is 44.7 Å². The molecule has 0 fully saturated rings. The Balaban J connectivity index is 1.77. The van der Waals surface area contributed by atoms with Crippen LogP contribution >= 0.6 is 34.4 Å². The molecule has 0 saturated carbocycles. The fourth-order valence-corrected chi connectivity index (χ4v) is 6.46. The molecule has 0 aromatic carbocycles. The smallest absolute Gasteiger partial charge is 0.263 e. The second kappa shape index (κ2) is 7.29. The maximum absolute atomic E-state index is 13.2. The first-order chi connectivity index (χ1) is 12.6. The van der Waals surface area contributed by atoms with Gasteiger partial charge in [0.2, 0.25) is 0 Å². The number of thiophene rings is 1. The van der Waals surface area contributed by atoms with Crippen LogP contribution in [0.15, 0.2) is 28.0 Å². The van der Waals surface area contributed by atoms with Gasteiger partial charge in [0.1, 0.15) is 4.83 Å². The molecule has 4 nitrogen and oxygen atoms in total. The van der Waals surface area contributed by atoms with E-state index in [0.29, 0.717) is 12.5 Å². The van der Waals surface area contributed by atoms with Crippen LogP contribution in [0.1, 0.15) is 34.5 Å². The molecule has 0 N–H and O–H groups in total. The van der Waals surface area contributed by atoms with Gasteiger partial charge in [0.15, 0.2) is 5.16 Å². The van der Waals surface area contributed by atoms with Gasteiger partial charge in [-0.3, -0.25) is 9.36 Å². The van der Waals surface area contributed by atoms with Crippen LogP contribution in [0.5, 0.6) is 0 Å². The number of hydrogen-bond donors (Lipinski definition) is 0. The summed E-state index contributed by atoms with van der Waals surface area (Å²) >= 11 is 4.94. The second-order valence-corrected chi connectivity index (χ2v) is 9.87. The molecule has 26 heavy (non-hydrogen) atoms. The maximum atomic E-state index is 13.2. The first kappa shape index (κ1) is 17.9. The molecular formula is C19H21N3OS3. The van der Waals surface area contributed by atoms with Crippen molar-refractivity contribution < 1.29 is 0 Å². The summed E-state index contributed by atoms with van der Waals surface area (Å²) in [5.74, 6) is 1.41. The molecule has 7 heteroatoms. The van der Waals surface area contributed by atoms with Gasteiger partial charge in [0.05, 0.1) is 16.1 Å². The number of thioether (sulfide) groups is 1. The van der Waals surface area contributed by atoms with E-state index in [2.05, 4.69) is 23.9 Å². The molecule has 0 unspecified atom stereocenters. The van der Waals surface area contributed by atoms with Crippen molar-refractivity contribution in [2.75, 3.05) is 0 Å². The van der Waals surface area contributed by atoms with Gasteiger partial charge in [-0.05, 0) is 37.7 Å². The Bertz CT molecular complexity index is 1030. The lowest BCUT2D eigenvalue weighted by atomic mass is 9.89. The molecule has 1 atom stereocenters. The Kier molecular flexibility index (Phi) is 5.03. The van der Waals surface area contributed by atoms with E-state index in [1.165, 1.54) is 10.4 Å². The van der Waals surface area contributed by atoms with Crippen molar-refractivity contribution in [3.8, 4) is 0 Å². The van der Waals surface area contributed by atoms with Crippen LogP contribution in [0.3, 0.4) is 0 Å². The normalized spacial score (nSPS) is 16.8. The quantitative estimate of drug-likeness (QED) is 0.348. The summed E-state index contributed by atoms with van der Waals surface area (Å²) in [5, 5.41) is 4.74. The molecule has 136 valence electrons. The molecule has 0 bridgehead atoms. The molecule has 0 saturated heterocycles. The molecule has 4 rings (SSSR count). The minimum atomic E-state index is 0.0823. The molecular weight excluding hydrogens is 382 g/mol. The number of fused-ring (bicyclic) bond motifs is 3. The highest BCUT2D eigenvalue weighted by molar-refractivity contribution is 7.98. The van der Waals surface area contributed by atoms with Gasteiger partial charge in [-0.2, -0.15) is 0 Å². The highest BCUT2D eigenvalue weighted by Gasteiger charge is 2.24. The van der Waals surface area contributed by atoms with Crippen LogP contribution in [0.25, 0.3) is 10.2 Å². The minimum Gasteiger partial charge on any atom is -0.283 e. The van der Waals surface area contributed by atoms with Gasteiger partial charge in [0.25, 0.3) is 5.56 Å². The minimum absolute atomic E-state index is 0.0823. The summed E-state index contributed by atoms with van der Waals surface area (Å²) in [6, 6.07) is 0. The van der Waals surface area contributed by atoms with Crippen LogP contribution in [-0.2, 0) is 25.1 Å². The van der Waals surface area contributed by atoms with Gasteiger partial charge >= 0.3 is 0 Å². The number of thiazole rings is 1. The van der Waals surface area contributed by atoms with Crippen LogP contribution < -0.4 is 5.56 Å². The van der Waals surface area contributed by atoms with E-state index in [-0.39, 0.29) is 5.56 Å². The molecule has 0 amide bonds. The zero-order valence-electron chi connectivity index (χ0n) is 14.9. The lowest BCUT2D eigenvalue weighted by Crippen LogP contribution is -2.23. The number of hydrogen-bond acceptors (Lipinski definition) is 6. The van der Waals surface area contributed by atoms with Crippen LogP contribution in [0.4, 0.5) is 0 Å². The highest BCUT2D eigenvalue weighted by atomic mass is 32.2. The van der Waals surface area contributed by atoms with Crippen molar-refractivity contribution in [2.45, 2.75) is 50.6 Å². The fraction of sp³-hybridized carbons (Fsp3) is 0.421. The SMILES string of the molecule is C=CCn1c(SCc2csc(C)n2)nc2sc3c(c2c1=O)CC[C@H](C)C3. The Morgan fingerprint density at radius 1 is 1.46 bits per heavy atom. The van der Waals surface area contributed by atoms with Crippen molar-refractivity contribution in [2.24, 2.45) is 5.92 Å². The maximum Gasteiger partial charge on any atom is 0.263 e. The van der Waals surface area contributed by atoms with Gasteiger partial charge in [-0.1, -0.05) is 24.8 Å². The lowest BCUT2D eigenvalue weighted by Gasteiger charge is -2.17.